The van der Waals surface area contributed by atoms with Crippen LogP contribution in [0.4, 0.5) is 16.3 Å². The third-order valence-corrected chi connectivity index (χ3v) is 7.39. The quantitative estimate of drug-likeness (QED) is 0.510. The molecule has 2 N–H and O–H groups in total. The molecule has 2 aromatic heterocycles. The maximum absolute atomic E-state index is 12.9. The van der Waals surface area contributed by atoms with Gasteiger partial charge in [-0.15, -0.1) is 0 Å². The summed E-state index contributed by atoms with van der Waals surface area (Å²) in [6.07, 6.45) is 2.86. The van der Waals surface area contributed by atoms with Gasteiger partial charge in [0.2, 0.25) is 5.91 Å². The number of hydrogen-bond acceptors (Lipinski definition) is 7. The van der Waals surface area contributed by atoms with Gasteiger partial charge in [-0.1, -0.05) is 12.1 Å². The molecule has 11 heteroatoms. The van der Waals surface area contributed by atoms with Crippen LogP contribution < -0.4 is 10.2 Å². The fourth-order valence-electron chi connectivity index (χ4n) is 5.34. The van der Waals surface area contributed by atoms with Crippen LogP contribution >= 0.6 is 0 Å². The van der Waals surface area contributed by atoms with Gasteiger partial charge in [-0.3, -0.25) is 14.6 Å². The first-order chi connectivity index (χ1) is 19.2. The van der Waals surface area contributed by atoms with Crippen LogP contribution in [0.3, 0.4) is 0 Å². The highest BCUT2D eigenvalue weighted by molar-refractivity contribution is 5.95. The number of nitriles is 1. The van der Waals surface area contributed by atoms with E-state index in [-0.39, 0.29) is 37.0 Å². The van der Waals surface area contributed by atoms with Gasteiger partial charge in [0.05, 0.1) is 11.6 Å². The normalized spacial score (nSPS) is 18.5. The molecule has 0 radical (unpaired) electrons. The summed E-state index contributed by atoms with van der Waals surface area (Å²) in [5.74, 6) is 0.370. The van der Waals surface area contributed by atoms with Gasteiger partial charge in [-0.05, 0) is 54.8 Å². The first-order valence-electron chi connectivity index (χ1n) is 13.0. The van der Waals surface area contributed by atoms with Crippen LogP contribution in [0.5, 0.6) is 0 Å². The molecule has 11 nitrogen and oxygen atoms in total. The average Bonchev–Trinajstić information content (AvgIpc) is 2.97. The summed E-state index contributed by atoms with van der Waals surface area (Å²) in [4.78, 5) is 50.1. The van der Waals surface area contributed by atoms with Crippen molar-refractivity contribution in [3.63, 3.8) is 0 Å². The van der Waals surface area contributed by atoms with Gasteiger partial charge >= 0.3 is 6.09 Å². The molecule has 40 heavy (non-hydrogen) atoms. The number of benzene rings is 1. The summed E-state index contributed by atoms with van der Waals surface area (Å²) in [5, 5.41) is 21.7. The molecule has 1 aromatic carbocycles. The van der Waals surface area contributed by atoms with Crippen molar-refractivity contribution in [2.75, 3.05) is 36.4 Å². The highest BCUT2D eigenvalue weighted by Gasteiger charge is 2.33. The van der Waals surface area contributed by atoms with Crippen LogP contribution in [0.25, 0.3) is 11.1 Å². The van der Waals surface area contributed by atoms with E-state index in [2.05, 4.69) is 21.4 Å². The number of rotatable bonds is 4. The highest BCUT2D eigenvalue weighted by Crippen LogP contribution is 2.41. The minimum atomic E-state index is -0.980. The van der Waals surface area contributed by atoms with E-state index in [9.17, 15) is 14.4 Å². The number of anilines is 2. The highest BCUT2D eigenvalue weighted by atomic mass is 16.4. The summed E-state index contributed by atoms with van der Waals surface area (Å²) in [5.41, 5.74) is 4.24. The number of amides is 3. The molecule has 1 saturated heterocycles. The fourth-order valence-corrected chi connectivity index (χ4v) is 5.34. The lowest BCUT2D eigenvalue weighted by Gasteiger charge is -2.39. The summed E-state index contributed by atoms with van der Waals surface area (Å²) in [6, 6.07) is 14.8. The number of fused-ring (bicyclic) bond motifs is 1. The SMILES string of the molecule is CC(=O)N1c2ccc(-c3ccc(C(=O)N4CCN(C(=O)O)CC4)nc3)cc2[C@H](Nc2ccc(C#N)cn2)C[C@@H]1C. The smallest absolute Gasteiger partial charge is 0.407 e. The molecule has 3 amide bonds. The van der Waals surface area contributed by atoms with Gasteiger partial charge in [0.15, 0.2) is 0 Å². The molecule has 0 saturated carbocycles. The number of carbonyl (C=O) groups is 3. The Morgan fingerprint density at radius 1 is 0.975 bits per heavy atom. The summed E-state index contributed by atoms with van der Waals surface area (Å²) >= 11 is 0. The Hall–Kier alpha value is -4.98. The molecule has 0 spiro atoms. The number of nitrogens with zero attached hydrogens (tertiary/aromatic N) is 6. The fraction of sp³-hybridized carbons (Fsp3) is 0.310. The van der Waals surface area contributed by atoms with E-state index in [0.717, 1.165) is 22.4 Å². The first kappa shape index (κ1) is 26.6. The maximum Gasteiger partial charge on any atom is 0.407 e. The zero-order valence-electron chi connectivity index (χ0n) is 22.2. The molecule has 0 bridgehead atoms. The molecule has 2 atom stereocenters. The summed E-state index contributed by atoms with van der Waals surface area (Å²) < 4.78 is 0. The standard InChI is InChI=1S/C29H29N7O4/c1-18-13-25(33-27-8-3-20(15-30)16-32-27)23-14-21(5-7-26(23)36(18)19(2)37)22-4-6-24(31-17-22)28(38)34-9-11-35(12-10-34)29(39)40/h3-8,14,16-18,25H,9-13H2,1-2H3,(H,32,33)(H,39,40)/t18-,25+/m0/s1. The zero-order chi connectivity index (χ0) is 28.4. The number of hydrogen-bond donors (Lipinski definition) is 2. The molecule has 3 aromatic rings. The van der Waals surface area contributed by atoms with E-state index in [0.29, 0.717) is 36.6 Å². The predicted molar refractivity (Wildman–Crippen MR) is 148 cm³/mol. The van der Waals surface area contributed by atoms with Crippen molar-refractivity contribution in [1.29, 1.82) is 5.26 Å². The number of nitrogens with one attached hydrogen (secondary N) is 1. The monoisotopic (exact) mass is 539 g/mol. The summed E-state index contributed by atoms with van der Waals surface area (Å²) in [7, 11) is 0. The minimum Gasteiger partial charge on any atom is -0.465 e. The predicted octanol–water partition coefficient (Wildman–Crippen LogP) is 3.75. The van der Waals surface area contributed by atoms with Gasteiger partial charge in [-0.2, -0.15) is 5.26 Å². The molecule has 4 heterocycles. The molecule has 0 aliphatic carbocycles. The Morgan fingerprint density at radius 2 is 1.70 bits per heavy atom. The van der Waals surface area contributed by atoms with Crippen LogP contribution in [-0.2, 0) is 4.79 Å². The topological polar surface area (TPSA) is 143 Å². The second-order valence-corrected chi connectivity index (χ2v) is 9.98. The van der Waals surface area contributed by atoms with E-state index in [1.165, 1.54) is 11.1 Å². The van der Waals surface area contributed by atoms with Gasteiger partial charge < -0.3 is 25.1 Å². The Balaban J connectivity index is 1.39. The van der Waals surface area contributed by atoms with Crippen molar-refractivity contribution >= 4 is 29.4 Å². The third-order valence-electron chi connectivity index (χ3n) is 7.39. The number of aromatic nitrogens is 2. The molecule has 1 fully saturated rings. The van der Waals surface area contributed by atoms with E-state index in [1.54, 1.807) is 41.1 Å². The van der Waals surface area contributed by atoms with Gasteiger partial charge in [0, 0.05) is 62.8 Å². The van der Waals surface area contributed by atoms with Crippen LogP contribution in [0, 0.1) is 11.3 Å². The molecular formula is C29H29N7O4. The van der Waals surface area contributed by atoms with Crippen molar-refractivity contribution in [2.45, 2.75) is 32.4 Å². The Bertz CT molecular complexity index is 1480. The van der Waals surface area contributed by atoms with Crippen LogP contribution in [0.2, 0.25) is 0 Å². The van der Waals surface area contributed by atoms with E-state index >= 15 is 0 Å². The van der Waals surface area contributed by atoms with E-state index < -0.39 is 6.09 Å². The maximum atomic E-state index is 12.9. The Labute approximate surface area is 231 Å². The number of carbonyl (C=O) groups excluding carboxylic acids is 2. The zero-order valence-corrected chi connectivity index (χ0v) is 22.2. The van der Waals surface area contributed by atoms with Crippen molar-refractivity contribution in [2.24, 2.45) is 0 Å². The van der Waals surface area contributed by atoms with Gasteiger partial charge in [0.25, 0.3) is 5.91 Å². The number of carboxylic acid groups (broad SMARTS) is 1. The van der Waals surface area contributed by atoms with E-state index in [4.69, 9.17) is 10.4 Å². The molecule has 2 aliphatic rings. The molecule has 2 aliphatic heterocycles. The van der Waals surface area contributed by atoms with Gasteiger partial charge in [-0.25, -0.2) is 9.78 Å². The Morgan fingerprint density at radius 3 is 2.30 bits per heavy atom. The lowest BCUT2D eigenvalue weighted by Crippen LogP contribution is -2.50. The van der Waals surface area contributed by atoms with Crippen LogP contribution in [-0.4, -0.2) is 75.0 Å². The van der Waals surface area contributed by atoms with Crippen molar-refractivity contribution in [3.05, 3.63) is 71.7 Å². The molecular weight excluding hydrogens is 510 g/mol. The van der Waals surface area contributed by atoms with Crippen molar-refractivity contribution in [3.8, 4) is 17.2 Å². The minimum absolute atomic E-state index is 0.0314. The van der Waals surface area contributed by atoms with Crippen molar-refractivity contribution < 1.29 is 19.5 Å². The first-order valence-corrected chi connectivity index (χ1v) is 13.0. The van der Waals surface area contributed by atoms with Crippen molar-refractivity contribution in [1.82, 2.24) is 19.8 Å². The third kappa shape index (κ3) is 5.29. The van der Waals surface area contributed by atoms with Gasteiger partial charge in [0.1, 0.15) is 17.6 Å². The molecule has 0 unspecified atom stereocenters. The lowest BCUT2D eigenvalue weighted by atomic mass is 9.89. The molecule has 204 valence electrons. The average molecular weight is 540 g/mol. The Kier molecular flexibility index (Phi) is 7.33. The summed E-state index contributed by atoms with van der Waals surface area (Å²) in [6.45, 7) is 4.78. The second-order valence-electron chi connectivity index (χ2n) is 9.98. The number of pyridine rings is 2. The van der Waals surface area contributed by atoms with Crippen LogP contribution in [0.15, 0.2) is 54.9 Å². The molecule has 5 rings (SSSR count). The lowest BCUT2D eigenvalue weighted by molar-refractivity contribution is -0.117. The largest absolute Gasteiger partial charge is 0.465 e. The second kappa shape index (κ2) is 11.0. The van der Waals surface area contributed by atoms with Crippen LogP contribution in [0.1, 0.15) is 47.9 Å². The van der Waals surface area contributed by atoms with E-state index in [1.807, 2.05) is 31.2 Å². The number of piperazine rings is 1.